The molecule has 0 radical (unpaired) electrons. The Morgan fingerprint density at radius 2 is 1.81 bits per heavy atom. The number of rotatable bonds is 3. The van der Waals surface area contributed by atoms with Gasteiger partial charge in [0.25, 0.3) is 0 Å². The predicted octanol–water partition coefficient (Wildman–Crippen LogP) is 2.41. The summed E-state index contributed by atoms with van der Waals surface area (Å²) in [6, 6.07) is 9.03. The van der Waals surface area contributed by atoms with Crippen molar-refractivity contribution in [2.45, 2.75) is 57.2 Å². The Hall–Kier alpha value is -1.84. The summed E-state index contributed by atoms with van der Waals surface area (Å²) in [5.74, 6) is 0.0393. The molecule has 4 nitrogen and oxygen atoms in total. The van der Waals surface area contributed by atoms with Crippen LogP contribution in [0.4, 0.5) is 0 Å². The van der Waals surface area contributed by atoms with E-state index in [1.807, 2.05) is 42.2 Å². The van der Waals surface area contributed by atoms with Gasteiger partial charge in [0.15, 0.2) is 0 Å². The topological polar surface area (TPSA) is 49.4 Å². The van der Waals surface area contributed by atoms with Gasteiger partial charge in [0.1, 0.15) is 12.1 Å². The summed E-state index contributed by atoms with van der Waals surface area (Å²) in [4.78, 5) is 27.2. The number of carbonyl (C=O) groups excluding carboxylic acids is 2. The molecular formula is C17H22N2O2. The van der Waals surface area contributed by atoms with Gasteiger partial charge in [-0.1, -0.05) is 50.1 Å². The summed E-state index contributed by atoms with van der Waals surface area (Å²) in [5, 5.41) is 2.89. The molecular weight excluding hydrogens is 264 g/mol. The van der Waals surface area contributed by atoms with Crippen molar-refractivity contribution in [1.82, 2.24) is 10.2 Å². The van der Waals surface area contributed by atoms with Crippen LogP contribution in [-0.2, 0) is 9.59 Å². The Morgan fingerprint density at radius 1 is 1.14 bits per heavy atom. The van der Waals surface area contributed by atoms with E-state index in [4.69, 9.17) is 0 Å². The molecule has 1 aromatic rings. The lowest BCUT2D eigenvalue weighted by atomic mass is 9.96. The number of nitrogens with one attached hydrogen (secondary N) is 1. The maximum absolute atomic E-state index is 12.8. The van der Waals surface area contributed by atoms with Crippen molar-refractivity contribution in [2.24, 2.45) is 0 Å². The minimum absolute atomic E-state index is 0.0421. The largest absolute Gasteiger partial charge is 0.342 e. The second-order valence-electron chi connectivity index (χ2n) is 5.97. The van der Waals surface area contributed by atoms with E-state index in [-0.39, 0.29) is 23.9 Å². The first-order valence-electron chi connectivity index (χ1n) is 7.90. The van der Waals surface area contributed by atoms with Gasteiger partial charge in [0.2, 0.25) is 11.8 Å². The van der Waals surface area contributed by atoms with Crippen molar-refractivity contribution in [3.05, 3.63) is 35.9 Å². The SMILES string of the molecule is CCC1NC(=O)C(c2ccccc2)N(C2CCCC2)C1=O. The molecule has 1 aliphatic heterocycles. The minimum atomic E-state index is -0.468. The standard InChI is InChI=1S/C17H22N2O2/c1-2-14-17(21)19(13-10-6-7-11-13)15(16(20)18-14)12-8-4-3-5-9-12/h3-5,8-9,13-15H,2,6-7,10-11H2,1H3,(H,18,20). The van der Waals surface area contributed by atoms with Crippen molar-refractivity contribution >= 4 is 11.8 Å². The fourth-order valence-corrected chi connectivity index (χ4v) is 3.54. The molecule has 2 atom stereocenters. The summed E-state index contributed by atoms with van der Waals surface area (Å²) in [7, 11) is 0. The van der Waals surface area contributed by atoms with Crippen LogP contribution in [0.5, 0.6) is 0 Å². The summed E-state index contributed by atoms with van der Waals surface area (Å²) in [6.45, 7) is 1.94. The Labute approximate surface area is 125 Å². The number of piperazine rings is 1. The van der Waals surface area contributed by atoms with Crippen molar-refractivity contribution in [3.63, 3.8) is 0 Å². The second kappa shape index (κ2) is 5.88. The number of amides is 2. The average molecular weight is 286 g/mol. The summed E-state index contributed by atoms with van der Waals surface area (Å²) in [5.41, 5.74) is 0.907. The first-order valence-corrected chi connectivity index (χ1v) is 7.90. The van der Waals surface area contributed by atoms with Crippen LogP contribution in [0.1, 0.15) is 50.6 Å². The molecule has 21 heavy (non-hydrogen) atoms. The fraction of sp³-hybridized carbons (Fsp3) is 0.529. The fourth-order valence-electron chi connectivity index (χ4n) is 3.54. The van der Waals surface area contributed by atoms with Crippen LogP contribution in [0.15, 0.2) is 30.3 Å². The highest BCUT2D eigenvalue weighted by atomic mass is 16.2. The normalized spacial score (nSPS) is 27.0. The Bertz CT molecular complexity index is 523. The molecule has 0 aromatic heterocycles. The zero-order valence-corrected chi connectivity index (χ0v) is 12.4. The average Bonchev–Trinajstić information content (AvgIpc) is 3.03. The van der Waals surface area contributed by atoms with Gasteiger partial charge in [-0.15, -0.1) is 0 Å². The molecule has 1 heterocycles. The van der Waals surface area contributed by atoms with Crippen LogP contribution >= 0.6 is 0 Å². The molecule has 3 rings (SSSR count). The lowest BCUT2D eigenvalue weighted by molar-refractivity contribution is -0.152. The van der Waals surface area contributed by atoms with E-state index in [1.165, 1.54) is 0 Å². The Balaban J connectivity index is 1.97. The zero-order valence-electron chi connectivity index (χ0n) is 12.4. The van der Waals surface area contributed by atoms with E-state index in [9.17, 15) is 9.59 Å². The number of benzene rings is 1. The lowest BCUT2D eigenvalue weighted by Crippen LogP contribution is -2.61. The number of hydrogen-bond acceptors (Lipinski definition) is 2. The van der Waals surface area contributed by atoms with Gasteiger partial charge in [-0.2, -0.15) is 0 Å². The van der Waals surface area contributed by atoms with E-state index in [1.54, 1.807) is 0 Å². The molecule has 1 aromatic carbocycles. The van der Waals surface area contributed by atoms with Crippen LogP contribution in [-0.4, -0.2) is 28.8 Å². The Morgan fingerprint density at radius 3 is 2.43 bits per heavy atom. The van der Waals surface area contributed by atoms with Gasteiger partial charge in [-0.05, 0) is 24.8 Å². The summed E-state index contributed by atoms with van der Waals surface area (Å²) in [6.07, 6.45) is 4.97. The van der Waals surface area contributed by atoms with Gasteiger partial charge in [0, 0.05) is 6.04 Å². The van der Waals surface area contributed by atoms with Crippen molar-refractivity contribution in [1.29, 1.82) is 0 Å². The highest BCUT2D eigenvalue weighted by molar-refractivity contribution is 5.97. The smallest absolute Gasteiger partial charge is 0.248 e. The molecule has 1 saturated heterocycles. The minimum Gasteiger partial charge on any atom is -0.342 e. The van der Waals surface area contributed by atoms with Crippen LogP contribution in [0.2, 0.25) is 0 Å². The van der Waals surface area contributed by atoms with Crippen LogP contribution in [0.25, 0.3) is 0 Å². The summed E-state index contributed by atoms with van der Waals surface area (Å²) >= 11 is 0. The van der Waals surface area contributed by atoms with Crippen molar-refractivity contribution in [2.75, 3.05) is 0 Å². The third kappa shape index (κ3) is 2.55. The molecule has 112 valence electrons. The van der Waals surface area contributed by atoms with E-state index in [2.05, 4.69) is 5.32 Å². The maximum Gasteiger partial charge on any atom is 0.248 e. The molecule has 2 unspecified atom stereocenters. The lowest BCUT2D eigenvalue weighted by Gasteiger charge is -2.42. The molecule has 0 bridgehead atoms. The molecule has 2 amide bonds. The van der Waals surface area contributed by atoms with Crippen LogP contribution in [0, 0.1) is 0 Å². The van der Waals surface area contributed by atoms with E-state index in [0.717, 1.165) is 31.2 Å². The first-order chi connectivity index (χ1) is 10.2. The van der Waals surface area contributed by atoms with Crippen LogP contribution in [0.3, 0.4) is 0 Å². The zero-order chi connectivity index (χ0) is 14.8. The number of carbonyl (C=O) groups is 2. The first kappa shape index (κ1) is 14.1. The Kier molecular flexibility index (Phi) is 3.95. The molecule has 1 aliphatic carbocycles. The van der Waals surface area contributed by atoms with Gasteiger partial charge >= 0.3 is 0 Å². The second-order valence-corrected chi connectivity index (χ2v) is 5.97. The van der Waals surface area contributed by atoms with Gasteiger partial charge in [-0.3, -0.25) is 9.59 Å². The monoisotopic (exact) mass is 286 g/mol. The highest BCUT2D eigenvalue weighted by Gasteiger charge is 2.44. The molecule has 2 aliphatic rings. The number of nitrogens with zero attached hydrogens (tertiary/aromatic N) is 1. The highest BCUT2D eigenvalue weighted by Crippen LogP contribution is 2.34. The van der Waals surface area contributed by atoms with Gasteiger partial charge < -0.3 is 10.2 Å². The van der Waals surface area contributed by atoms with E-state index >= 15 is 0 Å². The third-order valence-electron chi connectivity index (χ3n) is 4.64. The quantitative estimate of drug-likeness (QED) is 0.927. The predicted molar refractivity (Wildman–Crippen MR) is 80.5 cm³/mol. The van der Waals surface area contributed by atoms with Crippen LogP contribution < -0.4 is 5.32 Å². The number of hydrogen-bond donors (Lipinski definition) is 1. The molecule has 1 N–H and O–H groups in total. The van der Waals surface area contributed by atoms with Crippen molar-refractivity contribution in [3.8, 4) is 0 Å². The third-order valence-corrected chi connectivity index (χ3v) is 4.64. The molecule has 0 spiro atoms. The summed E-state index contributed by atoms with van der Waals surface area (Å²) < 4.78 is 0. The maximum atomic E-state index is 12.8. The molecule has 2 fully saturated rings. The van der Waals surface area contributed by atoms with Crippen molar-refractivity contribution < 1.29 is 9.59 Å². The van der Waals surface area contributed by atoms with Gasteiger partial charge in [0.05, 0.1) is 0 Å². The molecule has 1 saturated carbocycles. The van der Waals surface area contributed by atoms with Gasteiger partial charge in [-0.25, -0.2) is 0 Å². The van der Waals surface area contributed by atoms with E-state index in [0.29, 0.717) is 6.42 Å². The van der Waals surface area contributed by atoms with E-state index < -0.39 is 6.04 Å². The molecule has 4 heteroatoms.